The van der Waals surface area contributed by atoms with Crippen LogP contribution in [0, 0.1) is 19.8 Å². The van der Waals surface area contributed by atoms with Gasteiger partial charge in [-0.25, -0.2) is 4.79 Å². The first kappa shape index (κ1) is 15.1. The fraction of sp³-hybridized carbons (Fsp3) is 0.688. The van der Waals surface area contributed by atoms with Crippen molar-refractivity contribution in [3.05, 3.63) is 22.5 Å². The van der Waals surface area contributed by atoms with Gasteiger partial charge in [-0.3, -0.25) is 0 Å². The molecule has 1 fully saturated rings. The molecule has 0 saturated carbocycles. The van der Waals surface area contributed by atoms with Crippen LogP contribution in [0.1, 0.15) is 53.5 Å². The predicted octanol–water partition coefficient (Wildman–Crippen LogP) is 2.74. The molecule has 20 heavy (non-hydrogen) atoms. The van der Waals surface area contributed by atoms with Crippen LogP contribution >= 0.6 is 0 Å². The number of aromatic nitrogens is 1. The predicted molar refractivity (Wildman–Crippen MR) is 80.1 cm³/mol. The third kappa shape index (κ3) is 3.42. The molecule has 2 N–H and O–H groups in total. The Morgan fingerprint density at radius 2 is 2.00 bits per heavy atom. The van der Waals surface area contributed by atoms with Crippen LogP contribution in [0.4, 0.5) is 0 Å². The Hall–Kier alpha value is -1.29. The van der Waals surface area contributed by atoms with E-state index in [-0.39, 0.29) is 5.97 Å². The molecule has 0 amide bonds. The number of rotatable bonds is 5. The van der Waals surface area contributed by atoms with Crippen molar-refractivity contribution in [2.45, 2.75) is 46.5 Å². The van der Waals surface area contributed by atoms with E-state index in [1.54, 1.807) is 0 Å². The van der Waals surface area contributed by atoms with Crippen molar-refractivity contribution in [3.63, 3.8) is 0 Å². The zero-order chi connectivity index (χ0) is 14.5. The van der Waals surface area contributed by atoms with E-state index in [0.29, 0.717) is 6.61 Å². The maximum Gasteiger partial charge on any atom is 0.340 e. The number of ether oxygens (including phenoxy) is 1. The van der Waals surface area contributed by atoms with Gasteiger partial charge < -0.3 is 15.0 Å². The molecule has 2 heterocycles. The second-order valence-electron chi connectivity index (χ2n) is 5.68. The SMILES string of the molecule is CCOC(=O)c1c(C)[nH]c(CCC2CCNCC2)c1C. The van der Waals surface area contributed by atoms with Gasteiger partial charge >= 0.3 is 5.97 Å². The average molecular weight is 278 g/mol. The fourth-order valence-electron chi connectivity index (χ4n) is 3.09. The summed E-state index contributed by atoms with van der Waals surface area (Å²) in [5.41, 5.74) is 3.92. The zero-order valence-electron chi connectivity index (χ0n) is 12.8. The number of aromatic amines is 1. The molecule has 1 aromatic heterocycles. The lowest BCUT2D eigenvalue weighted by Crippen LogP contribution is -2.27. The Morgan fingerprint density at radius 3 is 2.65 bits per heavy atom. The van der Waals surface area contributed by atoms with E-state index >= 15 is 0 Å². The highest BCUT2D eigenvalue weighted by atomic mass is 16.5. The lowest BCUT2D eigenvalue weighted by atomic mass is 9.92. The van der Waals surface area contributed by atoms with E-state index < -0.39 is 0 Å². The normalized spacial score (nSPS) is 16.4. The van der Waals surface area contributed by atoms with Gasteiger partial charge in [0.15, 0.2) is 0 Å². The van der Waals surface area contributed by atoms with Gasteiger partial charge in [-0.2, -0.15) is 0 Å². The summed E-state index contributed by atoms with van der Waals surface area (Å²) in [7, 11) is 0. The van der Waals surface area contributed by atoms with E-state index in [4.69, 9.17) is 4.74 Å². The van der Waals surface area contributed by atoms with Gasteiger partial charge in [0.1, 0.15) is 0 Å². The van der Waals surface area contributed by atoms with Crippen LogP contribution in [0.5, 0.6) is 0 Å². The van der Waals surface area contributed by atoms with Crippen LogP contribution in [-0.4, -0.2) is 30.6 Å². The summed E-state index contributed by atoms with van der Waals surface area (Å²) < 4.78 is 5.13. The minimum absolute atomic E-state index is 0.202. The van der Waals surface area contributed by atoms with Crippen LogP contribution in [0.25, 0.3) is 0 Å². The largest absolute Gasteiger partial charge is 0.462 e. The van der Waals surface area contributed by atoms with Crippen molar-refractivity contribution in [1.82, 2.24) is 10.3 Å². The van der Waals surface area contributed by atoms with Crippen molar-refractivity contribution >= 4 is 5.97 Å². The molecular weight excluding hydrogens is 252 g/mol. The highest BCUT2D eigenvalue weighted by Crippen LogP contribution is 2.23. The number of carbonyl (C=O) groups is 1. The molecule has 0 unspecified atom stereocenters. The monoisotopic (exact) mass is 278 g/mol. The standard InChI is InChI=1S/C16H26N2O2/c1-4-20-16(19)15-11(2)14(18-12(15)3)6-5-13-7-9-17-10-8-13/h13,17-18H,4-10H2,1-3H3. The van der Waals surface area contributed by atoms with Crippen molar-refractivity contribution in [1.29, 1.82) is 0 Å². The second kappa shape index (κ2) is 6.93. The van der Waals surface area contributed by atoms with Gasteiger partial charge in [0, 0.05) is 11.4 Å². The Balaban J connectivity index is 2.01. The molecule has 0 aliphatic carbocycles. The minimum Gasteiger partial charge on any atom is -0.462 e. The molecule has 1 aliphatic heterocycles. The summed E-state index contributed by atoms with van der Waals surface area (Å²) in [4.78, 5) is 15.3. The van der Waals surface area contributed by atoms with Crippen LogP contribution in [0.3, 0.4) is 0 Å². The molecule has 0 radical (unpaired) electrons. The zero-order valence-corrected chi connectivity index (χ0v) is 12.8. The van der Waals surface area contributed by atoms with E-state index in [1.807, 2.05) is 20.8 Å². The Labute approximate surface area is 121 Å². The number of carbonyl (C=O) groups excluding carboxylic acids is 1. The highest BCUT2D eigenvalue weighted by Gasteiger charge is 2.20. The van der Waals surface area contributed by atoms with Crippen LogP contribution in [0.15, 0.2) is 0 Å². The van der Waals surface area contributed by atoms with E-state index in [1.165, 1.54) is 25.0 Å². The summed E-state index contributed by atoms with van der Waals surface area (Å²) >= 11 is 0. The first-order chi connectivity index (χ1) is 9.63. The van der Waals surface area contributed by atoms with Gasteiger partial charge in [0.2, 0.25) is 0 Å². The van der Waals surface area contributed by atoms with Gasteiger partial charge in [0.05, 0.1) is 12.2 Å². The summed E-state index contributed by atoms with van der Waals surface area (Å²) in [5, 5.41) is 3.40. The summed E-state index contributed by atoms with van der Waals surface area (Å²) in [6, 6.07) is 0. The first-order valence-electron chi connectivity index (χ1n) is 7.69. The maximum absolute atomic E-state index is 12.0. The topological polar surface area (TPSA) is 54.1 Å². The van der Waals surface area contributed by atoms with Crippen LogP contribution in [-0.2, 0) is 11.2 Å². The highest BCUT2D eigenvalue weighted by molar-refractivity contribution is 5.92. The van der Waals surface area contributed by atoms with Crippen molar-refractivity contribution in [2.75, 3.05) is 19.7 Å². The number of aryl methyl sites for hydroxylation is 2. The molecule has 1 aliphatic rings. The van der Waals surface area contributed by atoms with E-state index in [2.05, 4.69) is 10.3 Å². The van der Waals surface area contributed by atoms with Crippen molar-refractivity contribution < 1.29 is 9.53 Å². The van der Waals surface area contributed by atoms with Gasteiger partial charge in [-0.05, 0) is 71.0 Å². The smallest absolute Gasteiger partial charge is 0.340 e. The lowest BCUT2D eigenvalue weighted by Gasteiger charge is -2.22. The average Bonchev–Trinajstić information content (AvgIpc) is 2.72. The van der Waals surface area contributed by atoms with E-state index in [9.17, 15) is 4.79 Å². The van der Waals surface area contributed by atoms with Crippen LogP contribution in [0.2, 0.25) is 0 Å². The number of hydrogen-bond donors (Lipinski definition) is 2. The first-order valence-corrected chi connectivity index (χ1v) is 7.69. The molecule has 2 rings (SSSR count). The van der Waals surface area contributed by atoms with Gasteiger partial charge in [-0.1, -0.05) is 0 Å². The van der Waals surface area contributed by atoms with Crippen LogP contribution < -0.4 is 5.32 Å². The molecule has 0 bridgehead atoms. The minimum atomic E-state index is -0.202. The number of nitrogens with one attached hydrogen (secondary N) is 2. The molecule has 4 heteroatoms. The molecule has 112 valence electrons. The molecule has 0 aromatic carbocycles. The number of esters is 1. The number of hydrogen-bond acceptors (Lipinski definition) is 3. The second-order valence-corrected chi connectivity index (χ2v) is 5.68. The number of H-pyrrole nitrogens is 1. The van der Waals surface area contributed by atoms with E-state index in [0.717, 1.165) is 42.2 Å². The molecular formula is C16H26N2O2. The van der Waals surface area contributed by atoms with Gasteiger partial charge in [-0.15, -0.1) is 0 Å². The molecule has 0 atom stereocenters. The Morgan fingerprint density at radius 1 is 1.30 bits per heavy atom. The Kier molecular flexibility index (Phi) is 5.24. The molecule has 1 saturated heterocycles. The molecule has 1 aromatic rings. The third-order valence-electron chi connectivity index (χ3n) is 4.28. The van der Waals surface area contributed by atoms with Gasteiger partial charge in [0.25, 0.3) is 0 Å². The Bertz CT molecular complexity index is 459. The molecule has 4 nitrogen and oxygen atoms in total. The number of piperidine rings is 1. The third-order valence-corrected chi connectivity index (χ3v) is 4.28. The quantitative estimate of drug-likeness (QED) is 0.814. The maximum atomic E-state index is 12.0. The van der Waals surface area contributed by atoms with Crippen molar-refractivity contribution in [2.24, 2.45) is 5.92 Å². The lowest BCUT2D eigenvalue weighted by molar-refractivity contribution is 0.0525. The molecule has 0 spiro atoms. The summed E-state index contributed by atoms with van der Waals surface area (Å²) in [5.74, 6) is 0.608. The summed E-state index contributed by atoms with van der Waals surface area (Å²) in [6.07, 6.45) is 4.76. The van der Waals surface area contributed by atoms with Crippen molar-refractivity contribution in [3.8, 4) is 0 Å². The summed E-state index contributed by atoms with van der Waals surface area (Å²) in [6.45, 7) is 8.52. The fourth-order valence-corrected chi connectivity index (χ4v) is 3.09.